The van der Waals surface area contributed by atoms with Crippen molar-refractivity contribution >= 4 is 34.4 Å². The number of halogens is 1. The number of rotatable bonds is 2. The third-order valence-corrected chi connectivity index (χ3v) is 3.51. The van der Waals surface area contributed by atoms with Gasteiger partial charge in [0.1, 0.15) is 5.39 Å². The van der Waals surface area contributed by atoms with Crippen molar-refractivity contribution in [3.8, 4) is 5.69 Å². The number of aromatic nitrogens is 4. The molecule has 2 aromatic heterocycles. The van der Waals surface area contributed by atoms with E-state index in [0.29, 0.717) is 21.2 Å². The van der Waals surface area contributed by atoms with Crippen molar-refractivity contribution in [1.29, 1.82) is 0 Å². The lowest BCUT2D eigenvalue weighted by molar-refractivity contribution is 0.873. The largest absolute Gasteiger partial charge is 0.301 e. The van der Waals surface area contributed by atoms with E-state index in [-0.39, 0.29) is 5.56 Å². The molecule has 96 valence electrons. The van der Waals surface area contributed by atoms with Crippen molar-refractivity contribution < 1.29 is 0 Å². The summed E-state index contributed by atoms with van der Waals surface area (Å²) in [5.74, 6) is 0. The van der Waals surface area contributed by atoms with Gasteiger partial charge in [-0.25, -0.2) is 9.67 Å². The Morgan fingerprint density at radius 1 is 1.32 bits per heavy atom. The summed E-state index contributed by atoms with van der Waals surface area (Å²) in [6, 6.07) is 7.20. The number of hydrogen-bond acceptors (Lipinski definition) is 4. The van der Waals surface area contributed by atoms with E-state index in [9.17, 15) is 4.79 Å². The lowest BCUT2D eigenvalue weighted by Gasteiger charge is -2.03. The highest BCUT2D eigenvalue weighted by molar-refractivity contribution is 7.98. The van der Waals surface area contributed by atoms with Crippen molar-refractivity contribution in [3.05, 3.63) is 45.8 Å². The van der Waals surface area contributed by atoms with E-state index >= 15 is 0 Å². The first-order chi connectivity index (χ1) is 9.19. The molecule has 3 aromatic rings. The second-order valence-electron chi connectivity index (χ2n) is 3.85. The fourth-order valence-electron chi connectivity index (χ4n) is 1.77. The summed E-state index contributed by atoms with van der Waals surface area (Å²) in [5.41, 5.74) is 1.16. The molecule has 0 aliphatic heterocycles. The van der Waals surface area contributed by atoms with E-state index < -0.39 is 0 Å². The maximum atomic E-state index is 11.9. The molecule has 0 atom stereocenters. The van der Waals surface area contributed by atoms with E-state index in [1.54, 1.807) is 16.8 Å². The van der Waals surface area contributed by atoms with Crippen LogP contribution in [0.15, 0.2) is 40.4 Å². The molecule has 0 amide bonds. The molecule has 7 heteroatoms. The summed E-state index contributed by atoms with van der Waals surface area (Å²) >= 11 is 7.24. The van der Waals surface area contributed by atoms with Gasteiger partial charge < -0.3 is 4.98 Å². The Morgan fingerprint density at radius 2 is 2.05 bits per heavy atom. The normalized spacial score (nSPS) is 11.1. The second-order valence-corrected chi connectivity index (χ2v) is 5.08. The SMILES string of the molecule is CSc1nc2c(cnn2-c2ccc(Cl)cc2)c(=O)[nH]1. The molecule has 1 N–H and O–H groups in total. The molecule has 0 radical (unpaired) electrons. The Labute approximate surface area is 117 Å². The highest BCUT2D eigenvalue weighted by atomic mass is 35.5. The molecule has 0 unspecified atom stereocenters. The van der Waals surface area contributed by atoms with Crippen LogP contribution < -0.4 is 5.56 Å². The van der Waals surface area contributed by atoms with Gasteiger partial charge in [-0.05, 0) is 30.5 Å². The molecule has 0 spiro atoms. The topological polar surface area (TPSA) is 63.6 Å². The third-order valence-electron chi connectivity index (χ3n) is 2.68. The maximum Gasteiger partial charge on any atom is 0.262 e. The van der Waals surface area contributed by atoms with E-state index in [1.165, 1.54) is 18.0 Å². The van der Waals surface area contributed by atoms with Crippen LogP contribution in [0.25, 0.3) is 16.7 Å². The monoisotopic (exact) mass is 292 g/mol. The van der Waals surface area contributed by atoms with Crippen LogP contribution >= 0.6 is 23.4 Å². The first-order valence-electron chi connectivity index (χ1n) is 5.47. The number of nitrogens with zero attached hydrogens (tertiary/aromatic N) is 3. The smallest absolute Gasteiger partial charge is 0.262 e. The number of aromatic amines is 1. The fraction of sp³-hybridized carbons (Fsp3) is 0.0833. The molecule has 0 aliphatic rings. The lowest BCUT2D eigenvalue weighted by Crippen LogP contribution is -2.09. The Hall–Kier alpha value is -1.79. The van der Waals surface area contributed by atoms with Gasteiger partial charge in [-0.2, -0.15) is 5.10 Å². The van der Waals surface area contributed by atoms with E-state index in [0.717, 1.165) is 5.69 Å². The Morgan fingerprint density at radius 3 is 2.74 bits per heavy atom. The number of hydrogen-bond donors (Lipinski definition) is 1. The molecule has 0 bridgehead atoms. The summed E-state index contributed by atoms with van der Waals surface area (Å²) in [7, 11) is 0. The van der Waals surface area contributed by atoms with Crippen molar-refractivity contribution in [3.63, 3.8) is 0 Å². The van der Waals surface area contributed by atoms with Gasteiger partial charge in [0, 0.05) is 5.02 Å². The van der Waals surface area contributed by atoms with Crippen LogP contribution in [0.2, 0.25) is 5.02 Å². The average molecular weight is 293 g/mol. The molecule has 1 aromatic carbocycles. The summed E-state index contributed by atoms with van der Waals surface area (Å²) in [5, 5.41) is 5.89. The van der Waals surface area contributed by atoms with Gasteiger partial charge in [0.05, 0.1) is 11.9 Å². The number of thioether (sulfide) groups is 1. The number of nitrogens with one attached hydrogen (secondary N) is 1. The zero-order valence-corrected chi connectivity index (χ0v) is 11.5. The number of benzene rings is 1. The average Bonchev–Trinajstić information content (AvgIpc) is 2.84. The van der Waals surface area contributed by atoms with E-state index in [1.807, 2.05) is 18.4 Å². The summed E-state index contributed by atoms with van der Waals surface area (Å²) in [6.07, 6.45) is 3.37. The summed E-state index contributed by atoms with van der Waals surface area (Å²) < 4.78 is 1.63. The van der Waals surface area contributed by atoms with Gasteiger partial charge in [-0.3, -0.25) is 4.79 Å². The molecule has 0 saturated heterocycles. The molecule has 0 aliphatic carbocycles. The van der Waals surface area contributed by atoms with Crippen LogP contribution in [0.3, 0.4) is 0 Å². The molecule has 2 heterocycles. The van der Waals surface area contributed by atoms with Crippen molar-refractivity contribution in [2.24, 2.45) is 0 Å². The Bertz CT molecular complexity index is 794. The van der Waals surface area contributed by atoms with Crippen molar-refractivity contribution in [1.82, 2.24) is 19.7 Å². The standard InChI is InChI=1S/C12H9ClN4OS/c1-19-12-15-10-9(11(18)16-12)6-14-17(10)8-4-2-7(13)3-5-8/h2-6H,1H3,(H,15,16,18). The number of H-pyrrole nitrogens is 1. The predicted octanol–water partition coefficient (Wildman–Crippen LogP) is 2.48. The minimum absolute atomic E-state index is 0.186. The lowest BCUT2D eigenvalue weighted by atomic mass is 10.3. The Kier molecular flexibility index (Phi) is 3.04. The maximum absolute atomic E-state index is 11.9. The molecular formula is C12H9ClN4OS. The second kappa shape index (κ2) is 4.71. The van der Waals surface area contributed by atoms with Crippen LogP contribution in [-0.4, -0.2) is 26.0 Å². The molecule has 5 nitrogen and oxygen atoms in total. The first kappa shape index (κ1) is 12.3. The first-order valence-corrected chi connectivity index (χ1v) is 7.07. The molecule has 19 heavy (non-hydrogen) atoms. The van der Waals surface area contributed by atoms with Crippen molar-refractivity contribution in [2.45, 2.75) is 5.16 Å². The number of fused-ring (bicyclic) bond motifs is 1. The van der Waals surface area contributed by atoms with Crippen molar-refractivity contribution in [2.75, 3.05) is 6.26 Å². The highest BCUT2D eigenvalue weighted by Gasteiger charge is 2.10. The van der Waals surface area contributed by atoms with E-state index in [2.05, 4.69) is 15.1 Å². The van der Waals surface area contributed by atoms with Gasteiger partial charge in [-0.15, -0.1) is 0 Å². The van der Waals surface area contributed by atoms with Crippen LogP contribution in [0.5, 0.6) is 0 Å². The fourth-order valence-corrected chi connectivity index (χ4v) is 2.26. The minimum atomic E-state index is -0.186. The molecule has 0 fully saturated rings. The van der Waals surface area contributed by atoms with Gasteiger partial charge in [0.25, 0.3) is 5.56 Å². The van der Waals surface area contributed by atoms with Gasteiger partial charge in [0.15, 0.2) is 10.8 Å². The minimum Gasteiger partial charge on any atom is -0.301 e. The van der Waals surface area contributed by atoms with Gasteiger partial charge in [0.2, 0.25) is 0 Å². The predicted molar refractivity (Wildman–Crippen MR) is 76.3 cm³/mol. The van der Waals surface area contributed by atoms with E-state index in [4.69, 9.17) is 11.6 Å². The zero-order valence-electron chi connectivity index (χ0n) is 9.92. The van der Waals surface area contributed by atoms with Gasteiger partial charge >= 0.3 is 0 Å². The summed E-state index contributed by atoms with van der Waals surface area (Å²) in [6.45, 7) is 0. The third kappa shape index (κ3) is 2.13. The van der Waals surface area contributed by atoms with Crippen LogP contribution in [-0.2, 0) is 0 Å². The molecule has 0 saturated carbocycles. The molecular weight excluding hydrogens is 284 g/mol. The summed E-state index contributed by atoms with van der Waals surface area (Å²) in [4.78, 5) is 19.0. The van der Waals surface area contributed by atoms with Crippen LogP contribution in [0, 0.1) is 0 Å². The quantitative estimate of drug-likeness (QED) is 0.582. The van der Waals surface area contributed by atoms with Crippen LogP contribution in [0.1, 0.15) is 0 Å². The van der Waals surface area contributed by atoms with Gasteiger partial charge in [-0.1, -0.05) is 23.4 Å². The molecule has 3 rings (SSSR count). The highest BCUT2D eigenvalue weighted by Crippen LogP contribution is 2.18. The Balaban J connectivity index is 2.27. The van der Waals surface area contributed by atoms with Crippen LogP contribution in [0.4, 0.5) is 0 Å². The zero-order chi connectivity index (χ0) is 13.4.